The van der Waals surface area contributed by atoms with Gasteiger partial charge in [-0.25, -0.2) is 5.32 Å². The van der Waals surface area contributed by atoms with E-state index in [4.69, 9.17) is 0 Å². The third kappa shape index (κ3) is 2.41. The van der Waals surface area contributed by atoms with Crippen LogP contribution >= 0.6 is 0 Å². The standard InChI is InChI=1S/C10H9F3NO/c11-10(12,13)15-9-3-1-2-7-6-14-5-4-8(7)9/h1-3H,4-6H2. The molecule has 0 saturated heterocycles. The maximum Gasteiger partial charge on any atom is 0.573 e. The summed E-state index contributed by atoms with van der Waals surface area (Å²) in [5, 5.41) is 4.12. The van der Waals surface area contributed by atoms with Gasteiger partial charge < -0.3 is 4.74 Å². The Balaban J connectivity index is 2.31. The van der Waals surface area contributed by atoms with Crippen molar-refractivity contribution in [1.82, 2.24) is 5.32 Å². The normalized spacial score (nSPS) is 15.9. The Kier molecular flexibility index (Phi) is 2.56. The van der Waals surface area contributed by atoms with E-state index in [1.165, 1.54) is 6.07 Å². The van der Waals surface area contributed by atoms with Crippen molar-refractivity contribution in [1.29, 1.82) is 0 Å². The molecule has 15 heavy (non-hydrogen) atoms. The van der Waals surface area contributed by atoms with Crippen LogP contribution in [0.25, 0.3) is 0 Å². The van der Waals surface area contributed by atoms with Gasteiger partial charge in [0.15, 0.2) is 0 Å². The molecule has 1 radical (unpaired) electrons. The van der Waals surface area contributed by atoms with Crippen molar-refractivity contribution in [3.8, 4) is 5.75 Å². The Bertz CT molecular complexity index is 362. The van der Waals surface area contributed by atoms with Crippen molar-refractivity contribution in [2.45, 2.75) is 19.3 Å². The number of nitrogens with zero attached hydrogens (tertiary/aromatic N) is 1. The molecule has 0 unspecified atom stereocenters. The van der Waals surface area contributed by atoms with Gasteiger partial charge in [0.2, 0.25) is 0 Å². The first-order valence-corrected chi connectivity index (χ1v) is 4.56. The third-order valence-electron chi connectivity index (χ3n) is 2.26. The fourth-order valence-corrected chi connectivity index (χ4v) is 1.65. The average molecular weight is 216 g/mol. The van der Waals surface area contributed by atoms with E-state index in [2.05, 4.69) is 10.1 Å². The van der Waals surface area contributed by atoms with Crippen molar-refractivity contribution >= 4 is 0 Å². The summed E-state index contributed by atoms with van der Waals surface area (Å²) >= 11 is 0. The minimum absolute atomic E-state index is 0.0881. The molecule has 0 spiro atoms. The lowest BCUT2D eigenvalue weighted by molar-refractivity contribution is -0.274. The minimum Gasteiger partial charge on any atom is -0.405 e. The Labute approximate surface area is 85.0 Å². The van der Waals surface area contributed by atoms with Gasteiger partial charge in [0.05, 0.1) is 0 Å². The fraction of sp³-hybridized carbons (Fsp3) is 0.400. The second-order valence-electron chi connectivity index (χ2n) is 3.30. The first-order valence-electron chi connectivity index (χ1n) is 4.56. The van der Waals surface area contributed by atoms with Crippen LogP contribution in [0.1, 0.15) is 11.1 Å². The number of hydrogen-bond donors (Lipinski definition) is 0. The van der Waals surface area contributed by atoms with E-state index < -0.39 is 6.36 Å². The van der Waals surface area contributed by atoms with Crippen LogP contribution in [0.5, 0.6) is 5.75 Å². The lowest BCUT2D eigenvalue weighted by atomic mass is 10.0. The van der Waals surface area contributed by atoms with E-state index in [1.807, 2.05) is 0 Å². The van der Waals surface area contributed by atoms with E-state index in [0.717, 1.165) is 5.56 Å². The van der Waals surface area contributed by atoms with Crippen molar-refractivity contribution in [3.63, 3.8) is 0 Å². The molecule has 0 bridgehead atoms. The predicted octanol–water partition coefficient (Wildman–Crippen LogP) is 2.25. The Morgan fingerprint density at radius 3 is 2.80 bits per heavy atom. The number of halogens is 3. The Hall–Kier alpha value is -1.23. The van der Waals surface area contributed by atoms with Crippen LogP contribution in [-0.2, 0) is 13.0 Å². The molecule has 1 aromatic carbocycles. The topological polar surface area (TPSA) is 23.3 Å². The lowest BCUT2D eigenvalue weighted by Crippen LogP contribution is -2.22. The van der Waals surface area contributed by atoms with E-state index in [9.17, 15) is 13.2 Å². The first kappa shape index (κ1) is 10.3. The Morgan fingerprint density at radius 1 is 1.27 bits per heavy atom. The summed E-state index contributed by atoms with van der Waals surface area (Å²) in [5.74, 6) is -0.0881. The molecule has 0 amide bonds. The van der Waals surface area contributed by atoms with Crippen LogP contribution in [-0.4, -0.2) is 12.9 Å². The van der Waals surface area contributed by atoms with Gasteiger partial charge in [-0.3, -0.25) is 0 Å². The van der Waals surface area contributed by atoms with Crippen LogP contribution in [0.3, 0.4) is 0 Å². The number of rotatable bonds is 1. The monoisotopic (exact) mass is 216 g/mol. The van der Waals surface area contributed by atoms with Crippen LogP contribution in [0.4, 0.5) is 13.2 Å². The van der Waals surface area contributed by atoms with Crippen LogP contribution in [0.15, 0.2) is 18.2 Å². The van der Waals surface area contributed by atoms with Crippen molar-refractivity contribution in [2.24, 2.45) is 0 Å². The molecule has 81 valence electrons. The summed E-state index contributed by atoms with van der Waals surface area (Å²) in [5.41, 5.74) is 1.45. The summed E-state index contributed by atoms with van der Waals surface area (Å²) in [6, 6.07) is 4.68. The molecular formula is C10H9F3NO. The lowest BCUT2D eigenvalue weighted by Gasteiger charge is -2.19. The molecule has 0 fully saturated rings. The molecule has 0 aliphatic carbocycles. The van der Waals surface area contributed by atoms with Crippen molar-refractivity contribution in [2.75, 3.05) is 6.54 Å². The van der Waals surface area contributed by atoms with Crippen LogP contribution in [0, 0.1) is 0 Å². The van der Waals surface area contributed by atoms with Crippen molar-refractivity contribution < 1.29 is 17.9 Å². The molecule has 1 aromatic rings. The van der Waals surface area contributed by atoms with Gasteiger partial charge in [0.25, 0.3) is 0 Å². The molecule has 1 aliphatic rings. The molecule has 1 aliphatic heterocycles. The quantitative estimate of drug-likeness (QED) is 0.706. The van der Waals surface area contributed by atoms with Crippen LogP contribution in [0.2, 0.25) is 0 Å². The number of alkyl halides is 3. The number of ether oxygens (including phenoxy) is 1. The van der Waals surface area contributed by atoms with Gasteiger partial charge >= 0.3 is 6.36 Å². The molecule has 1 heterocycles. The highest BCUT2D eigenvalue weighted by Gasteiger charge is 2.32. The SMILES string of the molecule is FC(F)(F)Oc1cccc2c1CC[N]C2. The summed E-state index contributed by atoms with van der Waals surface area (Å²) < 4.78 is 40.2. The summed E-state index contributed by atoms with van der Waals surface area (Å²) in [4.78, 5) is 0. The molecule has 5 heteroatoms. The van der Waals surface area contributed by atoms with E-state index in [0.29, 0.717) is 25.1 Å². The summed E-state index contributed by atoms with van der Waals surface area (Å²) in [7, 11) is 0. The predicted molar refractivity (Wildman–Crippen MR) is 47.5 cm³/mol. The van der Waals surface area contributed by atoms with Gasteiger partial charge in [0.1, 0.15) is 5.75 Å². The maximum absolute atomic E-state index is 12.1. The highest BCUT2D eigenvalue weighted by Crippen LogP contribution is 2.30. The smallest absolute Gasteiger partial charge is 0.405 e. The van der Waals surface area contributed by atoms with Gasteiger partial charge in [-0.2, -0.15) is 0 Å². The van der Waals surface area contributed by atoms with E-state index >= 15 is 0 Å². The zero-order chi connectivity index (χ0) is 10.9. The van der Waals surface area contributed by atoms with Crippen LogP contribution < -0.4 is 10.1 Å². The third-order valence-corrected chi connectivity index (χ3v) is 2.26. The number of fused-ring (bicyclic) bond motifs is 1. The van der Waals surface area contributed by atoms with E-state index in [-0.39, 0.29) is 5.75 Å². The summed E-state index contributed by atoms with van der Waals surface area (Å²) in [6.07, 6.45) is -4.11. The van der Waals surface area contributed by atoms with Gasteiger partial charge in [0, 0.05) is 18.7 Å². The fourth-order valence-electron chi connectivity index (χ4n) is 1.65. The zero-order valence-corrected chi connectivity index (χ0v) is 7.84. The van der Waals surface area contributed by atoms with Gasteiger partial charge in [-0.05, 0) is 18.1 Å². The molecule has 2 nitrogen and oxygen atoms in total. The maximum atomic E-state index is 12.1. The average Bonchev–Trinajstić information content (AvgIpc) is 2.16. The molecule has 2 rings (SSSR count). The highest BCUT2D eigenvalue weighted by atomic mass is 19.4. The zero-order valence-electron chi connectivity index (χ0n) is 7.84. The highest BCUT2D eigenvalue weighted by molar-refractivity contribution is 5.41. The second-order valence-corrected chi connectivity index (χ2v) is 3.30. The van der Waals surface area contributed by atoms with Crippen molar-refractivity contribution in [3.05, 3.63) is 29.3 Å². The largest absolute Gasteiger partial charge is 0.573 e. The van der Waals surface area contributed by atoms with Gasteiger partial charge in [-0.15, -0.1) is 13.2 Å². The second kappa shape index (κ2) is 3.73. The molecule has 0 aromatic heterocycles. The first-order chi connectivity index (χ1) is 7.06. The summed E-state index contributed by atoms with van der Waals surface area (Å²) in [6.45, 7) is 1.04. The molecular weight excluding hydrogens is 207 g/mol. The molecule has 0 N–H and O–H groups in total. The number of benzene rings is 1. The number of hydrogen-bond acceptors (Lipinski definition) is 1. The Morgan fingerprint density at radius 2 is 2.07 bits per heavy atom. The molecule has 0 atom stereocenters. The molecule has 0 saturated carbocycles. The van der Waals surface area contributed by atoms with Gasteiger partial charge in [-0.1, -0.05) is 12.1 Å². The van der Waals surface area contributed by atoms with E-state index in [1.54, 1.807) is 12.1 Å². The minimum atomic E-state index is -4.62.